The van der Waals surface area contributed by atoms with E-state index in [1.165, 1.54) is 11.8 Å². The Morgan fingerprint density at radius 2 is 2.28 bits per heavy atom. The van der Waals surface area contributed by atoms with Crippen LogP contribution < -0.4 is 10.2 Å². The van der Waals surface area contributed by atoms with Crippen molar-refractivity contribution in [3.63, 3.8) is 0 Å². The van der Waals surface area contributed by atoms with Gasteiger partial charge in [0.1, 0.15) is 5.54 Å². The fourth-order valence-corrected chi connectivity index (χ4v) is 3.63. The molecule has 0 bridgehead atoms. The molecule has 1 aliphatic rings. The summed E-state index contributed by atoms with van der Waals surface area (Å²) in [4.78, 5) is 6.80. The first-order valence-corrected chi connectivity index (χ1v) is 9.57. The van der Waals surface area contributed by atoms with E-state index in [0.717, 1.165) is 17.8 Å². The SMILES string of the molecule is C/C=C(\C=N)Nc1nc2c(N3CC(CC#N)(n4cc(CC)cn4)C3)cccn2n1. The molecule has 4 heterocycles. The van der Waals surface area contributed by atoms with Crippen molar-refractivity contribution in [3.05, 3.63) is 48.1 Å². The molecule has 4 rings (SSSR count). The van der Waals surface area contributed by atoms with Crippen LogP contribution in [0.25, 0.3) is 5.65 Å². The first kappa shape index (κ1) is 18.7. The van der Waals surface area contributed by atoms with Crippen LogP contribution in [-0.2, 0) is 12.0 Å². The Hall–Kier alpha value is -3.67. The highest BCUT2D eigenvalue weighted by atomic mass is 15.4. The highest BCUT2D eigenvalue weighted by molar-refractivity contribution is 5.80. The molecule has 0 aromatic carbocycles. The molecule has 0 saturated carbocycles. The molecule has 1 saturated heterocycles. The minimum Gasteiger partial charge on any atom is -0.363 e. The first-order chi connectivity index (χ1) is 14.1. The Kier molecular flexibility index (Phi) is 4.76. The maximum atomic E-state index is 9.39. The number of nitrogens with one attached hydrogen (secondary N) is 2. The van der Waals surface area contributed by atoms with Crippen molar-refractivity contribution < 1.29 is 0 Å². The summed E-state index contributed by atoms with van der Waals surface area (Å²) >= 11 is 0. The average Bonchev–Trinajstić information content (AvgIpc) is 3.35. The fraction of sp³-hybridized carbons (Fsp3) is 0.350. The van der Waals surface area contributed by atoms with Gasteiger partial charge in [-0.3, -0.25) is 4.68 Å². The molecule has 0 amide bonds. The number of aryl methyl sites for hydroxylation is 1. The Morgan fingerprint density at radius 3 is 2.93 bits per heavy atom. The summed E-state index contributed by atoms with van der Waals surface area (Å²) in [5.41, 5.74) is 3.16. The molecule has 29 heavy (non-hydrogen) atoms. The summed E-state index contributed by atoms with van der Waals surface area (Å²) in [5.74, 6) is 0.442. The lowest BCUT2D eigenvalue weighted by Gasteiger charge is -2.50. The third-order valence-corrected chi connectivity index (χ3v) is 5.31. The number of hydrogen-bond acceptors (Lipinski definition) is 7. The second-order valence-electron chi connectivity index (χ2n) is 7.17. The Balaban J connectivity index is 1.62. The van der Waals surface area contributed by atoms with Crippen LogP contribution in [0.3, 0.4) is 0 Å². The molecule has 0 spiro atoms. The average molecular weight is 389 g/mol. The zero-order valence-corrected chi connectivity index (χ0v) is 16.5. The van der Waals surface area contributed by atoms with Gasteiger partial charge in [-0.1, -0.05) is 13.0 Å². The molecule has 1 aliphatic heterocycles. The maximum absolute atomic E-state index is 9.39. The molecule has 0 aliphatic carbocycles. The molecular weight excluding hydrogens is 366 g/mol. The van der Waals surface area contributed by atoms with E-state index in [1.54, 1.807) is 10.6 Å². The van der Waals surface area contributed by atoms with E-state index in [2.05, 4.69) is 38.4 Å². The molecule has 148 valence electrons. The van der Waals surface area contributed by atoms with Crippen LogP contribution in [-0.4, -0.2) is 43.7 Å². The van der Waals surface area contributed by atoms with Crippen molar-refractivity contribution in [3.8, 4) is 6.07 Å². The van der Waals surface area contributed by atoms with Gasteiger partial charge in [0.15, 0.2) is 5.65 Å². The zero-order valence-electron chi connectivity index (χ0n) is 16.5. The van der Waals surface area contributed by atoms with Crippen molar-refractivity contribution in [2.24, 2.45) is 0 Å². The molecule has 9 heteroatoms. The van der Waals surface area contributed by atoms with Gasteiger partial charge in [0, 0.05) is 31.7 Å². The number of fused-ring (bicyclic) bond motifs is 1. The van der Waals surface area contributed by atoms with E-state index >= 15 is 0 Å². The molecule has 3 aromatic rings. The number of pyridine rings is 1. The zero-order chi connectivity index (χ0) is 20.4. The summed E-state index contributed by atoms with van der Waals surface area (Å²) in [6.45, 7) is 5.31. The molecule has 2 N–H and O–H groups in total. The lowest BCUT2D eigenvalue weighted by atomic mass is 9.86. The van der Waals surface area contributed by atoms with Gasteiger partial charge in [0.25, 0.3) is 0 Å². The van der Waals surface area contributed by atoms with E-state index in [1.807, 2.05) is 42.3 Å². The van der Waals surface area contributed by atoms with Crippen molar-refractivity contribution in [1.29, 1.82) is 10.7 Å². The predicted molar refractivity (Wildman–Crippen MR) is 111 cm³/mol. The Morgan fingerprint density at radius 1 is 1.45 bits per heavy atom. The van der Waals surface area contributed by atoms with Gasteiger partial charge in [-0.05, 0) is 31.0 Å². The minimum absolute atomic E-state index is 0.325. The number of hydrogen-bond donors (Lipinski definition) is 2. The number of anilines is 2. The third-order valence-electron chi connectivity index (χ3n) is 5.31. The standard InChI is InChI=1S/C20H23N9/c1-3-15-11-23-29(12-15)20(7-8-21)13-27(14-20)17-6-5-9-28-18(17)25-19(26-28)24-16(4-2)10-22/h4-6,9-12,22H,3,7,13-14H2,1-2H3,(H,24,26)/b16-4+,22-10?. The Bertz CT molecular complexity index is 1110. The van der Waals surface area contributed by atoms with Gasteiger partial charge >= 0.3 is 0 Å². The predicted octanol–water partition coefficient (Wildman–Crippen LogP) is 2.58. The normalized spacial score (nSPS) is 15.8. The monoisotopic (exact) mass is 389 g/mol. The lowest BCUT2D eigenvalue weighted by molar-refractivity contribution is 0.198. The topological polar surface area (TPSA) is 111 Å². The van der Waals surface area contributed by atoms with Gasteiger partial charge in [-0.15, -0.1) is 5.10 Å². The van der Waals surface area contributed by atoms with E-state index in [4.69, 9.17) is 5.41 Å². The first-order valence-electron chi connectivity index (χ1n) is 9.57. The van der Waals surface area contributed by atoms with Gasteiger partial charge in [-0.2, -0.15) is 15.3 Å². The summed E-state index contributed by atoms with van der Waals surface area (Å²) in [5, 5.41) is 28.8. The van der Waals surface area contributed by atoms with E-state index < -0.39 is 0 Å². The second-order valence-corrected chi connectivity index (χ2v) is 7.17. The molecule has 9 nitrogen and oxygen atoms in total. The number of allylic oxidation sites excluding steroid dienone is 2. The third kappa shape index (κ3) is 3.23. The maximum Gasteiger partial charge on any atom is 0.247 e. The van der Waals surface area contributed by atoms with Crippen LogP contribution in [0.15, 0.2) is 42.5 Å². The highest BCUT2D eigenvalue weighted by Crippen LogP contribution is 2.37. The molecule has 0 unspecified atom stereocenters. The van der Waals surface area contributed by atoms with Crippen LogP contribution in [0.2, 0.25) is 0 Å². The summed E-state index contributed by atoms with van der Waals surface area (Å²) < 4.78 is 3.67. The van der Waals surface area contributed by atoms with Crippen molar-refractivity contribution in [2.75, 3.05) is 23.3 Å². The number of aromatic nitrogens is 5. The molecule has 0 radical (unpaired) electrons. The number of nitrogens with zero attached hydrogens (tertiary/aromatic N) is 7. The highest BCUT2D eigenvalue weighted by Gasteiger charge is 2.46. The van der Waals surface area contributed by atoms with Crippen LogP contribution >= 0.6 is 0 Å². The van der Waals surface area contributed by atoms with Crippen molar-refractivity contribution in [2.45, 2.75) is 32.2 Å². The van der Waals surface area contributed by atoms with Crippen molar-refractivity contribution in [1.82, 2.24) is 24.4 Å². The summed E-state index contributed by atoms with van der Waals surface area (Å²) in [6.07, 6.45) is 10.1. The van der Waals surface area contributed by atoms with E-state index in [-0.39, 0.29) is 5.54 Å². The van der Waals surface area contributed by atoms with Crippen LogP contribution in [0.5, 0.6) is 0 Å². The van der Waals surface area contributed by atoms with Gasteiger partial charge in [-0.25, -0.2) is 4.52 Å². The van der Waals surface area contributed by atoms with Crippen LogP contribution in [0, 0.1) is 16.7 Å². The fourth-order valence-electron chi connectivity index (χ4n) is 3.63. The van der Waals surface area contributed by atoms with Crippen LogP contribution in [0.1, 0.15) is 25.8 Å². The van der Waals surface area contributed by atoms with Gasteiger partial charge in [0.05, 0.1) is 30.1 Å². The van der Waals surface area contributed by atoms with Gasteiger partial charge < -0.3 is 15.6 Å². The lowest BCUT2D eigenvalue weighted by Crippen LogP contribution is -2.63. The summed E-state index contributed by atoms with van der Waals surface area (Å²) in [7, 11) is 0. The second kappa shape index (κ2) is 7.39. The van der Waals surface area contributed by atoms with E-state index in [9.17, 15) is 5.26 Å². The number of rotatable bonds is 7. The Labute approximate surface area is 168 Å². The quantitative estimate of drug-likeness (QED) is 0.601. The minimum atomic E-state index is -0.325. The van der Waals surface area contributed by atoms with Gasteiger partial charge in [0.2, 0.25) is 5.95 Å². The van der Waals surface area contributed by atoms with Crippen molar-refractivity contribution >= 4 is 23.5 Å². The smallest absolute Gasteiger partial charge is 0.247 e. The van der Waals surface area contributed by atoms with Crippen LogP contribution in [0.4, 0.5) is 11.6 Å². The molecule has 1 fully saturated rings. The largest absolute Gasteiger partial charge is 0.363 e. The van der Waals surface area contributed by atoms with E-state index in [0.29, 0.717) is 31.2 Å². The molecule has 3 aromatic heterocycles. The summed E-state index contributed by atoms with van der Waals surface area (Å²) in [6, 6.07) is 6.27. The molecular formula is C20H23N9. The number of nitriles is 1. The molecule has 0 atom stereocenters.